The highest BCUT2D eigenvalue weighted by Gasteiger charge is 2.18. The summed E-state index contributed by atoms with van der Waals surface area (Å²) < 4.78 is 24.2. The lowest BCUT2D eigenvalue weighted by atomic mass is 10.1. The van der Waals surface area contributed by atoms with E-state index in [-0.39, 0.29) is 24.4 Å². The number of hydrogen-bond acceptors (Lipinski definition) is 3. The van der Waals surface area contributed by atoms with Crippen LogP contribution in [0.15, 0.2) is 48.5 Å². The van der Waals surface area contributed by atoms with Crippen molar-refractivity contribution in [3.63, 3.8) is 0 Å². The molecule has 2 aromatic rings. The summed E-state index contributed by atoms with van der Waals surface area (Å²) in [6.45, 7) is 1.54. The number of benzene rings is 2. The predicted octanol–water partition coefficient (Wildman–Crippen LogP) is 3.31. The lowest BCUT2D eigenvalue weighted by Crippen LogP contribution is -2.32. The maximum atomic E-state index is 12.9. The Morgan fingerprint density at radius 3 is 2.75 bits per heavy atom. The SMILES string of the molecule is O=C(NC[C@@H]1CCCO1)c1ccccc1OCc1ccc(F)cc1. The minimum absolute atomic E-state index is 0.0984. The van der Waals surface area contributed by atoms with Crippen LogP contribution in [0.3, 0.4) is 0 Å². The highest BCUT2D eigenvalue weighted by Crippen LogP contribution is 2.20. The lowest BCUT2D eigenvalue weighted by Gasteiger charge is -2.14. The Labute approximate surface area is 140 Å². The molecule has 0 radical (unpaired) electrons. The third-order valence-electron chi connectivity index (χ3n) is 3.95. The first kappa shape index (κ1) is 16.5. The molecule has 0 saturated carbocycles. The van der Waals surface area contributed by atoms with Crippen molar-refractivity contribution in [2.45, 2.75) is 25.6 Å². The van der Waals surface area contributed by atoms with Gasteiger partial charge in [0.05, 0.1) is 11.7 Å². The number of hydrogen-bond donors (Lipinski definition) is 1. The number of carbonyl (C=O) groups excluding carboxylic acids is 1. The monoisotopic (exact) mass is 329 g/mol. The topological polar surface area (TPSA) is 47.6 Å². The molecule has 1 heterocycles. The van der Waals surface area contributed by atoms with Crippen molar-refractivity contribution in [3.05, 3.63) is 65.5 Å². The Hall–Kier alpha value is -2.40. The van der Waals surface area contributed by atoms with Crippen molar-refractivity contribution in [1.29, 1.82) is 0 Å². The fourth-order valence-electron chi connectivity index (χ4n) is 2.63. The zero-order valence-electron chi connectivity index (χ0n) is 13.3. The Balaban J connectivity index is 1.61. The highest BCUT2D eigenvalue weighted by molar-refractivity contribution is 5.96. The number of nitrogens with one attached hydrogen (secondary N) is 1. The van der Waals surface area contributed by atoms with E-state index >= 15 is 0 Å². The average Bonchev–Trinajstić information content (AvgIpc) is 3.13. The highest BCUT2D eigenvalue weighted by atomic mass is 19.1. The number of rotatable bonds is 6. The summed E-state index contributed by atoms with van der Waals surface area (Å²) in [4.78, 5) is 12.4. The number of carbonyl (C=O) groups is 1. The Kier molecular flexibility index (Phi) is 5.43. The number of para-hydroxylation sites is 1. The molecule has 126 valence electrons. The second-order valence-corrected chi connectivity index (χ2v) is 5.76. The molecule has 0 spiro atoms. The largest absolute Gasteiger partial charge is 0.488 e. The van der Waals surface area contributed by atoms with Gasteiger partial charge >= 0.3 is 0 Å². The van der Waals surface area contributed by atoms with Crippen LogP contribution in [0.25, 0.3) is 0 Å². The van der Waals surface area contributed by atoms with E-state index in [1.165, 1.54) is 12.1 Å². The van der Waals surface area contributed by atoms with Crippen molar-refractivity contribution in [1.82, 2.24) is 5.32 Å². The number of ether oxygens (including phenoxy) is 2. The van der Waals surface area contributed by atoms with Crippen LogP contribution in [0.5, 0.6) is 5.75 Å². The number of amides is 1. The summed E-state index contributed by atoms with van der Waals surface area (Å²) in [5.74, 6) is 0.0412. The van der Waals surface area contributed by atoms with E-state index in [2.05, 4.69) is 5.32 Å². The quantitative estimate of drug-likeness (QED) is 0.884. The van der Waals surface area contributed by atoms with Gasteiger partial charge in [-0.1, -0.05) is 24.3 Å². The second kappa shape index (κ2) is 7.93. The Bertz CT molecular complexity index is 681. The first-order valence-corrected chi connectivity index (χ1v) is 8.08. The van der Waals surface area contributed by atoms with Crippen molar-refractivity contribution >= 4 is 5.91 Å². The van der Waals surface area contributed by atoms with Gasteiger partial charge in [-0.2, -0.15) is 0 Å². The summed E-state index contributed by atoms with van der Waals surface area (Å²) >= 11 is 0. The van der Waals surface area contributed by atoms with Gasteiger partial charge in [-0.3, -0.25) is 4.79 Å². The van der Waals surface area contributed by atoms with Gasteiger partial charge in [-0.15, -0.1) is 0 Å². The standard InChI is InChI=1S/C19H20FNO3/c20-15-9-7-14(8-10-15)13-24-18-6-2-1-5-17(18)19(22)21-12-16-4-3-11-23-16/h1-2,5-10,16H,3-4,11-13H2,(H,21,22)/t16-/m0/s1. The van der Waals surface area contributed by atoms with Crippen LogP contribution >= 0.6 is 0 Å². The summed E-state index contributed by atoms with van der Waals surface area (Å²) in [6.07, 6.45) is 2.11. The molecule has 1 saturated heterocycles. The van der Waals surface area contributed by atoms with Gasteiger partial charge in [0.1, 0.15) is 18.2 Å². The molecular formula is C19H20FNO3. The second-order valence-electron chi connectivity index (χ2n) is 5.76. The summed E-state index contributed by atoms with van der Waals surface area (Å²) in [6, 6.07) is 13.2. The molecule has 1 amide bonds. The van der Waals surface area contributed by atoms with E-state index in [1.54, 1.807) is 30.3 Å². The fourth-order valence-corrected chi connectivity index (χ4v) is 2.63. The fraction of sp³-hybridized carbons (Fsp3) is 0.316. The van der Waals surface area contributed by atoms with Crippen LogP contribution in [0.2, 0.25) is 0 Å². The Morgan fingerprint density at radius 2 is 2.00 bits per heavy atom. The molecule has 2 aromatic carbocycles. The lowest BCUT2D eigenvalue weighted by molar-refractivity contribution is 0.0854. The molecule has 4 nitrogen and oxygen atoms in total. The smallest absolute Gasteiger partial charge is 0.255 e. The van der Waals surface area contributed by atoms with E-state index < -0.39 is 0 Å². The van der Waals surface area contributed by atoms with Crippen LogP contribution in [-0.2, 0) is 11.3 Å². The molecule has 0 unspecified atom stereocenters. The van der Waals surface area contributed by atoms with Gasteiger partial charge in [-0.25, -0.2) is 4.39 Å². The molecule has 0 aromatic heterocycles. The van der Waals surface area contributed by atoms with Crippen LogP contribution < -0.4 is 10.1 Å². The van der Waals surface area contributed by atoms with Gasteiger partial charge in [-0.05, 0) is 42.7 Å². The first-order valence-electron chi connectivity index (χ1n) is 8.08. The van der Waals surface area contributed by atoms with Gasteiger partial charge in [0.25, 0.3) is 5.91 Å². The molecule has 24 heavy (non-hydrogen) atoms. The molecule has 1 fully saturated rings. The minimum atomic E-state index is -0.285. The molecule has 1 N–H and O–H groups in total. The summed E-state index contributed by atoms with van der Waals surface area (Å²) in [5, 5.41) is 2.89. The van der Waals surface area contributed by atoms with Crippen molar-refractivity contribution in [2.24, 2.45) is 0 Å². The Morgan fingerprint density at radius 1 is 1.21 bits per heavy atom. The number of halogens is 1. The zero-order chi connectivity index (χ0) is 16.8. The maximum absolute atomic E-state index is 12.9. The molecule has 0 aliphatic carbocycles. The van der Waals surface area contributed by atoms with Crippen LogP contribution in [0, 0.1) is 5.82 Å². The van der Waals surface area contributed by atoms with Gasteiger partial charge in [0.2, 0.25) is 0 Å². The van der Waals surface area contributed by atoms with Gasteiger partial charge in [0, 0.05) is 13.2 Å². The van der Waals surface area contributed by atoms with Crippen LogP contribution in [-0.4, -0.2) is 25.2 Å². The van der Waals surface area contributed by atoms with Crippen molar-refractivity contribution in [3.8, 4) is 5.75 Å². The normalized spacial score (nSPS) is 16.8. The van der Waals surface area contributed by atoms with Gasteiger partial charge in [0.15, 0.2) is 0 Å². The summed E-state index contributed by atoms with van der Waals surface area (Å²) in [5.41, 5.74) is 1.32. The van der Waals surface area contributed by atoms with Crippen LogP contribution in [0.1, 0.15) is 28.8 Å². The van der Waals surface area contributed by atoms with E-state index in [4.69, 9.17) is 9.47 Å². The third-order valence-corrected chi connectivity index (χ3v) is 3.95. The maximum Gasteiger partial charge on any atom is 0.255 e. The molecule has 5 heteroatoms. The van der Waals surface area contributed by atoms with Crippen molar-refractivity contribution in [2.75, 3.05) is 13.2 Å². The average molecular weight is 329 g/mol. The van der Waals surface area contributed by atoms with E-state index in [0.29, 0.717) is 17.9 Å². The van der Waals surface area contributed by atoms with Gasteiger partial charge < -0.3 is 14.8 Å². The molecular weight excluding hydrogens is 309 g/mol. The third kappa shape index (κ3) is 4.32. The molecule has 1 aliphatic heterocycles. The van der Waals surface area contributed by atoms with Crippen LogP contribution in [0.4, 0.5) is 4.39 Å². The molecule has 0 bridgehead atoms. The van der Waals surface area contributed by atoms with Crippen molar-refractivity contribution < 1.29 is 18.7 Å². The predicted molar refractivity (Wildman–Crippen MR) is 88.5 cm³/mol. The van der Waals surface area contributed by atoms with E-state index in [1.807, 2.05) is 6.07 Å². The van der Waals surface area contributed by atoms with E-state index in [9.17, 15) is 9.18 Å². The first-order chi connectivity index (χ1) is 11.7. The molecule has 3 rings (SSSR count). The molecule has 1 atom stereocenters. The molecule has 1 aliphatic rings. The zero-order valence-corrected chi connectivity index (χ0v) is 13.3. The summed E-state index contributed by atoms with van der Waals surface area (Å²) in [7, 11) is 0. The minimum Gasteiger partial charge on any atom is -0.488 e. The van der Waals surface area contributed by atoms with E-state index in [0.717, 1.165) is 25.0 Å².